The molecular weight excluding hydrogens is 158 g/mol. The largest absolute Gasteiger partial charge is 0.345 e. The van der Waals surface area contributed by atoms with Gasteiger partial charge in [-0.1, -0.05) is 0 Å². The molecule has 0 aliphatic carbocycles. The van der Waals surface area contributed by atoms with Crippen molar-refractivity contribution in [2.75, 3.05) is 0 Å². The third-order valence-electron chi connectivity index (χ3n) is 1.53. The highest BCUT2D eigenvalue weighted by molar-refractivity contribution is 7.17. The molecule has 2 aromatic rings. The first kappa shape index (κ1) is 6.42. The lowest BCUT2D eigenvalue weighted by Crippen LogP contribution is -2.09. The summed E-state index contributed by atoms with van der Waals surface area (Å²) >= 11 is 1.68. The summed E-state index contributed by atoms with van der Waals surface area (Å²) in [6.07, 6.45) is 1.84. The molecule has 0 radical (unpaired) electrons. The molecule has 2 aromatic heterocycles. The van der Waals surface area contributed by atoms with Crippen molar-refractivity contribution in [1.29, 1.82) is 0 Å². The number of hydrogen-bond donors (Lipinski definition) is 2. The summed E-state index contributed by atoms with van der Waals surface area (Å²) in [5.74, 6) is 5.17. The lowest BCUT2D eigenvalue weighted by molar-refractivity contribution is 1.07. The van der Waals surface area contributed by atoms with Crippen LogP contribution in [0.25, 0.3) is 10.1 Å². The first-order valence-corrected chi connectivity index (χ1v) is 4.08. The fourth-order valence-corrected chi connectivity index (χ4v) is 1.82. The van der Waals surface area contributed by atoms with Crippen molar-refractivity contribution in [2.24, 2.45) is 10.9 Å². The highest BCUT2D eigenvalue weighted by Crippen LogP contribution is 2.14. The molecule has 3 nitrogen and oxygen atoms in total. The average molecular weight is 165 g/mol. The van der Waals surface area contributed by atoms with E-state index in [1.807, 2.05) is 23.7 Å². The second-order valence-corrected chi connectivity index (χ2v) is 3.10. The number of H-pyrrole nitrogens is 1. The molecule has 0 saturated carbocycles. The first-order valence-electron chi connectivity index (χ1n) is 3.20. The minimum absolute atomic E-state index is 0.740. The van der Waals surface area contributed by atoms with E-state index in [1.54, 1.807) is 11.3 Å². The maximum Gasteiger partial charge on any atom is 0.158 e. The summed E-state index contributed by atoms with van der Waals surface area (Å²) in [6.45, 7) is 0. The summed E-state index contributed by atoms with van der Waals surface area (Å²) < 4.78 is 1.20. The molecule has 11 heavy (non-hydrogen) atoms. The summed E-state index contributed by atoms with van der Waals surface area (Å²) in [7, 11) is 0. The Morgan fingerprint density at radius 2 is 2.36 bits per heavy atom. The van der Waals surface area contributed by atoms with E-state index in [2.05, 4.69) is 10.1 Å². The molecule has 2 heterocycles. The van der Waals surface area contributed by atoms with Gasteiger partial charge >= 0.3 is 0 Å². The second-order valence-electron chi connectivity index (χ2n) is 2.15. The number of nitrogens with one attached hydrogen (secondary N) is 1. The molecule has 0 spiro atoms. The van der Waals surface area contributed by atoms with E-state index in [1.165, 1.54) is 4.70 Å². The normalized spacial score (nSPS) is 12.5. The lowest BCUT2D eigenvalue weighted by Gasteiger charge is -1.88. The second kappa shape index (κ2) is 2.39. The molecule has 0 fully saturated rings. The van der Waals surface area contributed by atoms with Gasteiger partial charge in [0.25, 0.3) is 0 Å². The molecule has 0 aliphatic heterocycles. The average Bonchev–Trinajstić information content (AvgIpc) is 2.50. The summed E-state index contributed by atoms with van der Waals surface area (Å²) in [6, 6.07) is 4.01. The van der Waals surface area contributed by atoms with Crippen LogP contribution in [0.5, 0.6) is 0 Å². The van der Waals surface area contributed by atoms with Crippen LogP contribution in [0.4, 0.5) is 0 Å². The lowest BCUT2D eigenvalue weighted by atomic mass is 10.3. The van der Waals surface area contributed by atoms with E-state index >= 15 is 0 Å². The molecule has 2 rings (SSSR count). The fraction of sp³-hybridized carbons (Fsp3) is 0. The quantitative estimate of drug-likeness (QED) is 0.444. The van der Waals surface area contributed by atoms with Crippen molar-refractivity contribution >= 4 is 21.4 Å². The van der Waals surface area contributed by atoms with Crippen molar-refractivity contribution in [3.8, 4) is 0 Å². The van der Waals surface area contributed by atoms with Crippen molar-refractivity contribution in [3.63, 3.8) is 0 Å². The van der Waals surface area contributed by atoms with Gasteiger partial charge in [-0.05, 0) is 17.5 Å². The number of aromatic amines is 1. The number of aromatic nitrogens is 1. The van der Waals surface area contributed by atoms with E-state index in [9.17, 15) is 0 Å². The Bertz CT molecular complexity index is 426. The van der Waals surface area contributed by atoms with Gasteiger partial charge in [0.2, 0.25) is 0 Å². The van der Waals surface area contributed by atoms with Gasteiger partial charge in [0.1, 0.15) is 0 Å². The smallest absolute Gasteiger partial charge is 0.158 e. The molecule has 3 N–H and O–H groups in total. The Morgan fingerprint density at radius 3 is 3.18 bits per heavy atom. The van der Waals surface area contributed by atoms with Gasteiger partial charge < -0.3 is 10.8 Å². The topological polar surface area (TPSA) is 54.2 Å². The molecule has 0 amide bonds. The number of hydrogen-bond acceptors (Lipinski definition) is 3. The maximum absolute atomic E-state index is 5.17. The highest BCUT2D eigenvalue weighted by Gasteiger charge is 1.94. The zero-order valence-electron chi connectivity index (χ0n) is 5.74. The molecule has 0 atom stereocenters. The van der Waals surface area contributed by atoms with E-state index in [0.29, 0.717) is 0 Å². The van der Waals surface area contributed by atoms with Gasteiger partial charge in [-0.15, -0.1) is 11.3 Å². The van der Waals surface area contributed by atoms with Crippen LogP contribution in [0.15, 0.2) is 28.8 Å². The monoisotopic (exact) mass is 165 g/mol. The van der Waals surface area contributed by atoms with Crippen LogP contribution >= 0.6 is 11.3 Å². The van der Waals surface area contributed by atoms with Crippen LogP contribution in [0.2, 0.25) is 0 Å². The Balaban J connectivity index is 3.01. The van der Waals surface area contributed by atoms with Gasteiger partial charge in [0.15, 0.2) is 5.49 Å². The van der Waals surface area contributed by atoms with Crippen molar-refractivity contribution in [2.45, 2.75) is 0 Å². The number of nitrogens with two attached hydrogens (primary N) is 1. The van der Waals surface area contributed by atoms with Crippen LogP contribution in [-0.2, 0) is 0 Å². The van der Waals surface area contributed by atoms with Crippen LogP contribution in [0.3, 0.4) is 0 Å². The van der Waals surface area contributed by atoms with Gasteiger partial charge in [0, 0.05) is 16.3 Å². The Kier molecular flexibility index (Phi) is 1.40. The van der Waals surface area contributed by atoms with Crippen LogP contribution in [0.1, 0.15) is 0 Å². The first-order chi connectivity index (χ1) is 5.42. The number of pyridine rings is 1. The molecule has 0 aliphatic rings. The molecule has 0 bridgehead atoms. The minimum atomic E-state index is 0.740. The molecule has 0 saturated heterocycles. The van der Waals surface area contributed by atoms with Gasteiger partial charge in [-0.2, -0.15) is 5.10 Å². The summed E-state index contributed by atoms with van der Waals surface area (Å²) in [5, 5.41) is 6.73. The van der Waals surface area contributed by atoms with Crippen molar-refractivity contribution in [1.82, 2.24) is 4.98 Å². The van der Waals surface area contributed by atoms with Gasteiger partial charge in [-0.3, -0.25) is 0 Å². The highest BCUT2D eigenvalue weighted by atomic mass is 32.1. The maximum atomic E-state index is 5.17. The van der Waals surface area contributed by atoms with E-state index in [-0.39, 0.29) is 0 Å². The summed E-state index contributed by atoms with van der Waals surface area (Å²) in [4.78, 5) is 2.96. The molecular formula is C7H7N3S. The zero-order chi connectivity index (χ0) is 7.68. The predicted molar refractivity (Wildman–Crippen MR) is 45.9 cm³/mol. The molecule has 56 valence electrons. The van der Waals surface area contributed by atoms with Gasteiger partial charge in [-0.25, -0.2) is 0 Å². The molecule has 0 aromatic carbocycles. The zero-order valence-corrected chi connectivity index (χ0v) is 6.56. The SMILES string of the molecule is N/N=c1\[nH]ccc2sccc12. The third kappa shape index (κ3) is 0.914. The van der Waals surface area contributed by atoms with E-state index < -0.39 is 0 Å². The Labute approximate surface area is 67.2 Å². The van der Waals surface area contributed by atoms with Crippen LogP contribution in [0, 0.1) is 0 Å². The molecule has 0 unspecified atom stereocenters. The minimum Gasteiger partial charge on any atom is -0.345 e. The standard InChI is InChI=1S/C7H7N3S/c8-10-7-5-2-4-11-6(5)1-3-9-7/h1-4H,8H2,(H,9,10). The van der Waals surface area contributed by atoms with Crippen molar-refractivity contribution in [3.05, 3.63) is 29.2 Å². The summed E-state index contributed by atoms with van der Waals surface area (Å²) in [5.41, 5.74) is 0.740. The van der Waals surface area contributed by atoms with Crippen LogP contribution < -0.4 is 11.3 Å². The predicted octanol–water partition coefficient (Wildman–Crippen LogP) is 1.00. The van der Waals surface area contributed by atoms with Crippen LogP contribution in [-0.4, -0.2) is 4.98 Å². The van der Waals surface area contributed by atoms with E-state index in [0.717, 1.165) is 10.9 Å². The third-order valence-corrected chi connectivity index (χ3v) is 2.42. The number of thiophene rings is 1. The number of fused-ring (bicyclic) bond motifs is 1. The van der Waals surface area contributed by atoms with Gasteiger partial charge in [0.05, 0.1) is 0 Å². The Morgan fingerprint density at radius 1 is 1.45 bits per heavy atom. The fourth-order valence-electron chi connectivity index (χ4n) is 1.03. The van der Waals surface area contributed by atoms with Crippen molar-refractivity contribution < 1.29 is 0 Å². The van der Waals surface area contributed by atoms with E-state index in [4.69, 9.17) is 5.84 Å². The number of nitrogens with zero attached hydrogens (tertiary/aromatic N) is 1. The molecule has 4 heteroatoms. The Hall–Kier alpha value is -1.29. The number of rotatable bonds is 0.